The quantitative estimate of drug-likeness (QED) is 0.852. The van der Waals surface area contributed by atoms with Crippen molar-refractivity contribution in [3.8, 4) is 22.6 Å². The average molecular weight is 230 g/mol. The number of rotatable bonds is 3. The highest BCUT2D eigenvalue weighted by Crippen LogP contribution is 2.35. The molecular weight excluding hydrogens is 216 g/mol. The van der Waals surface area contributed by atoms with Gasteiger partial charge in [-0.05, 0) is 17.7 Å². The van der Waals surface area contributed by atoms with Crippen LogP contribution in [0.15, 0.2) is 42.5 Å². The van der Waals surface area contributed by atoms with Crippen LogP contribution in [0.25, 0.3) is 11.1 Å². The molecule has 0 unspecified atom stereocenters. The van der Waals surface area contributed by atoms with Gasteiger partial charge in [0.2, 0.25) is 0 Å². The summed E-state index contributed by atoms with van der Waals surface area (Å²) in [6.07, 6.45) is 0. The van der Waals surface area contributed by atoms with Gasteiger partial charge in [0.05, 0.1) is 13.7 Å². The maximum Gasteiger partial charge on any atom is 0.129 e. The molecule has 2 aromatic rings. The summed E-state index contributed by atoms with van der Waals surface area (Å²) in [5, 5.41) is 19.2. The average Bonchev–Trinajstić information content (AvgIpc) is 2.40. The van der Waals surface area contributed by atoms with Crippen molar-refractivity contribution in [2.45, 2.75) is 6.61 Å². The van der Waals surface area contributed by atoms with Gasteiger partial charge in [-0.1, -0.05) is 30.3 Å². The van der Waals surface area contributed by atoms with Gasteiger partial charge in [-0.15, -0.1) is 0 Å². The second-order valence-corrected chi connectivity index (χ2v) is 3.71. The van der Waals surface area contributed by atoms with Crippen LogP contribution in [0.5, 0.6) is 11.5 Å². The third-order valence-corrected chi connectivity index (χ3v) is 2.65. The van der Waals surface area contributed by atoms with Crippen molar-refractivity contribution in [2.24, 2.45) is 0 Å². The van der Waals surface area contributed by atoms with E-state index in [-0.39, 0.29) is 12.4 Å². The first-order valence-electron chi connectivity index (χ1n) is 5.32. The SMILES string of the molecule is COc1cc(CO)c(O)c(-c2ccccc2)c1. The summed E-state index contributed by atoms with van der Waals surface area (Å²) in [5.74, 6) is 0.713. The Morgan fingerprint density at radius 2 is 1.82 bits per heavy atom. The Morgan fingerprint density at radius 1 is 1.12 bits per heavy atom. The molecule has 0 radical (unpaired) electrons. The Labute approximate surface area is 99.9 Å². The zero-order valence-corrected chi connectivity index (χ0v) is 9.55. The third kappa shape index (κ3) is 2.24. The van der Waals surface area contributed by atoms with Crippen molar-refractivity contribution >= 4 is 0 Å². The summed E-state index contributed by atoms with van der Waals surface area (Å²) < 4.78 is 5.15. The van der Waals surface area contributed by atoms with Crippen molar-refractivity contribution in [2.75, 3.05) is 7.11 Å². The smallest absolute Gasteiger partial charge is 0.129 e. The lowest BCUT2D eigenvalue weighted by molar-refractivity contribution is 0.274. The molecule has 88 valence electrons. The summed E-state index contributed by atoms with van der Waals surface area (Å²) >= 11 is 0. The molecule has 0 amide bonds. The number of benzene rings is 2. The number of phenols is 1. The van der Waals surface area contributed by atoms with Gasteiger partial charge < -0.3 is 14.9 Å². The van der Waals surface area contributed by atoms with Crippen LogP contribution >= 0.6 is 0 Å². The number of aliphatic hydroxyl groups excluding tert-OH is 1. The number of methoxy groups -OCH3 is 1. The van der Waals surface area contributed by atoms with E-state index < -0.39 is 0 Å². The highest BCUT2D eigenvalue weighted by Gasteiger charge is 2.11. The van der Waals surface area contributed by atoms with Crippen LogP contribution in [0.3, 0.4) is 0 Å². The Bertz CT molecular complexity index is 506. The first-order valence-corrected chi connectivity index (χ1v) is 5.32. The van der Waals surface area contributed by atoms with Crippen molar-refractivity contribution in [1.82, 2.24) is 0 Å². The molecule has 0 heterocycles. The van der Waals surface area contributed by atoms with Gasteiger partial charge in [0, 0.05) is 11.1 Å². The molecule has 0 spiro atoms. The largest absolute Gasteiger partial charge is 0.507 e. The molecule has 3 heteroatoms. The summed E-state index contributed by atoms with van der Waals surface area (Å²) in [7, 11) is 1.56. The molecule has 0 saturated carbocycles. The Hall–Kier alpha value is -2.00. The predicted octanol–water partition coefficient (Wildman–Crippen LogP) is 2.56. The molecule has 0 fully saturated rings. The summed E-state index contributed by atoms with van der Waals surface area (Å²) in [6, 6.07) is 12.9. The van der Waals surface area contributed by atoms with Crippen LogP contribution in [0, 0.1) is 0 Å². The number of hydrogen-bond donors (Lipinski definition) is 2. The first kappa shape index (κ1) is 11.5. The molecule has 2 aromatic carbocycles. The van der Waals surface area contributed by atoms with Crippen molar-refractivity contribution in [3.63, 3.8) is 0 Å². The fourth-order valence-corrected chi connectivity index (χ4v) is 1.74. The molecule has 0 aromatic heterocycles. The van der Waals surface area contributed by atoms with E-state index in [0.29, 0.717) is 16.9 Å². The van der Waals surface area contributed by atoms with Crippen molar-refractivity contribution in [1.29, 1.82) is 0 Å². The van der Waals surface area contributed by atoms with Gasteiger partial charge in [0.25, 0.3) is 0 Å². The maximum atomic E-state index is 10.0. The van der Waals surface area contributed by atoms with E-state index in [4.69, 9.17) is 4.74 Å². The molecule has 0 aliphatic rings. The lowest BCUT2D eigenvalue weighted by Gasteiger charge is -2.11. The highest BCUT2D eigenvalue weighted by molar-refractivity contribution is 5.73. The van der Waals surface area contributed by atoms with E-state index in [1.54, 1.807) is 19.2 Å². The van der Waals surface area contributed by atoms with E-state index in [1.165, 1.54) is 0 Å². The van der Waals surface area contributed by atoms with Crippen LogP contribution < -0.4 is 4.74 Å². The molecule has 0 aliphatic heterocycles. The topological polar surface area (TPSA) is 49.7 Å². The molecule has 0 bridgehead atoms. The highest BCUT2D eigenvalue weighted by atomic mass is 16.5. The molecular formula is C14H14O3. The van der Waals surface area contributed by atoms with Gasteiger partial charge in [-0.25, -0.2) is 0 Å². The zero-order chi connectivity index (χ0) is 12.3. The predicted molar refractivity (Wildman–Crippen MR) is 66.0 cm³/mol. The van der Waals surface area contributed by atoms with Crippen LogP contribution in [0.2, 0.25) is 0 Å². The Kier molecular flexibility index (Phi) is 3.30. The van der Waals surface area contributed by atoms with Gasteiger partial charge in [0.1, 0.15) is 11.5 Å². The van der Waals surface area contributed by atoms with E-state index in [2.05, 4.69) is 0 Å². The van der Waals surface area contributed by atoms with Gasteiger partial charge in [-0.2, -0.15) is 0 Å². The molecule has 2 rings (SSSR count). The molecule has 0 saturated heterocycles. The zero-order valence-electron chi connectivity index (χ0n) is 9.55. The summed E-state index contributed by atoms with van der Waals surface area (Å²) in [6.45, 7) is -0.219. The van der Waals surface area contributed by atoms with E-state index in [9.17, 15) is 10.2 Å². The minimum Gasteiger partial charge on any atom is -0.507 e. The van der Waals surface area contributed by atoms with Crippen LogP contribution in [0.1, 0.15) is 5.56 Å². The number of aromatic hydroxyl groups is 1. The van der Waals surface area contributed by atoms with E-state index in [1.807, 2.05) is 30.3 Å². The minimum atomic E-state index is -0.219. The molecule has 17 heavy (non-hydrogen) atoms. The van der Waals surface area contributed by atoms with E-state index in [0.717, 1.165) is 5.56 Å². The lowest BCUT2D eigenvalue weighted by Crippen LogP contribution is -1.91. The Balaban J connectivity index is 2.60. The minimum absolute atomic E-state index is 0.0968. The molecule has 2 N–H and O–H groups in total. The fourth-order valence-electron chi connectivity index (χ4n) is 1.74. The van der Waals surface area contributed by atoms with Crippen molar-refractivity contribution in [3.05, 3.63) is 48.0 Å². The monoisotopic (exact) mass is 230 g/mol. The first-order chi connectivity index (χ1) is 8.26. The summed E-state index contributed by atoms with van der Waals surface area (Å²) in [5.41, 5.74) is 2.01. The normalized spacial score (nSPS) is 10.2. The molecule has 0 aliphatic carbocycles. The Morgan fingerprint density at radius 3 is 2.41 bits per heavy atom. The van der Waals surface area contributed by atoms with Crippen LogP contribution in [-0.2, 0) is 6.61 Å². The maximum absolute atomic E-state index is 10.0. The standard InChI is InChI=1S/C14H14O3/c1-17-12-7-11(9-15)14(16)13(8-12)10-5-3-2-4-6-10/h2-8,15-16H,9H2,1H3. The number of hydrogen-bond acceptors (Lipinski definition) is 3. The number of ether oxygens (including phenoxy) is 1. The van der Waals surface area contributed by atoms with Crippen LogP contribution in [0.4, 0.5) is 0 Å². The van der Waals surface area contributed by atoms with Crippen molar-refractivity contribution < 1.29 is 14.9 Å². The second kappa shape index (κ2) is 4.89. The molecule has 0 atom stereocenters. The fraction of sp³-hybridized carbons (Fsp3) is 0.143. The van der Waals surface area contributed by atoms with Gasteiger partial charge >= 0.3 is 0 Å². The summed E-state index contributed by atoms with van der Waals surface area (Å²) in [4.78, 5) is 0. The van der Waals surface area contributed by atoms with Gasteiger partial charge in [0.15, 0.2) is 0 Å². The van der Waals surface area contributed by atoms with Crippen LogP contribution in [-0.4, -0.2) is 17.3 Å². The third-order valence-electron chi connectivity index (χ3n) is 2.65. The van der Waals surface area contributed by atoms with Gasteiger partial charge in [-0.3, -0.25) is 0 Å². The number of aliphatic hydroxyl groups is 1. The molecule has 3 nitrogen and oxygen atoms in total. The van der Waals surface area contributed by atoms with E-state index >= 15 is 0 Å². The second-order valence-electron chi connectivity index (χ2n) is 3.71. The lowest BCUT2D eigenvalue weighted by atomic mass is 10.0.